The molecule has 2 aromatic rings. The standard InChI is InChI=1S/C28H43N3O2/c29-17-7-3-1-2-4-8-18-30-20-13-25(14-21-30)26-15-22-31(23-16-26)19-9-10-24-33-28(32)27-11-5-6-12-27/h13-16,20-23,27H,1-12,17-19,24,29H2/q+2. The summed E-state index contributed by atoms with van der Waals surface area (Å²) < 4.78 is 9.94. The molecule has 5 heteroatoms. The van der Waals surface area contributed by atoms with Crippen LogP contribution in [0.25, 0.3) is 11.1 Å². The normalized spacial score (nSPS) is 14.0. The van der Waals surface area contributed by atoms with Gasteiger partial charge in [0.25, 0.3) is 0 Å². The zero-order chi connectivity index (χ0) is 23.1. The van der Waals surface area contributed by atoms with Crippen molar-refractivity contribution in [2.45, 2.75) is 90.1 Å². The van der Waals surface area contributed by atoms with Crippen LogP contribution in [0.2, 0.25) is 0 Å². The minimum atomic E-state index is 0.0204. The van der Waals surface area contributed by atoms with Gasteiger partial charge < -0.3 is 10.5 Å². The van der Waals surface area contributed by atoms with E-state index >= 15 is 0 Å². The van der Waals surface area contributed by atoms with E-state index < -0.39 is 0 Å². The molecule has 0 amide bonds. The number of esters is 1. The maximum absolute atomic E-state index is 11.9. The van der Waals surface area contributed by atoms with Crippen LogP contribution in [-0.4, -0.2) is 19.1 Å². The Labute approximate surface area is 200 Å². The highest BCUT2D eigenvalue weighted by molar-refractivity contribution is 5.72. The van der Waals surface area contributed by atoms with Gasteiger partial charge in [0.15, 0.2) is 24.8 Å². The van der Waals surface area contributed by atoms with Gasteiger partial charge in [-0.3, -0.25) is 4.79 Å². The predicted molar refractivity (Wildman–Crippen MR) is 131 cm³/mol. The SMILES string of the molecule is NCCCCCCCC[n+]1ccc(-c2cc[n+](CCCCOC(=O)C3CCCC3)cc2)cc1. The van der Waals surface area contributed by atoms with Gasteiger partial charge >= 0.3 is 5.97 Å². The second kappa shape index (κ2) is 14.8. The van der Waals surface area contributed by atoms with E-state index in [-0.39, 0.29) is 11.9 Å². The van der Waals surface area contributed by atoms with Crippen LogP contribution in [0.5, 0.6) is 0 Å². The lowest BCUT2D eigenvalue weighted by molar-refractivity contribution is -0.697. The van der Waals surface area contributed by atoms with Gasteiger partial charge in [-0.1, -0.05) is 32.1 Å². The molecule has 0 bridgehead atoms. The molecule has 0 aliphatic heterocycles. The van der Waals surface area contributed by atoms with Gasteiger partial charge in [0, 0.05) is 37.1 Å². The fraction of sp³-hybridized carbons (Fsp3) is 0.607. The Bertz CT molecular complexity index is 799. The summed E-state index contributed by atoms with van der Waals surface area (Å²) in [5.41, 5.74) is 8.03. The van der Waals surface area contributed by atoms with Crippen LogP contribution in [0.1, 0.15) is 77.0 Å². The first-order valence-electron chi connectivity index (χ1n) is 13.1. The summed E-state index contributed by atoms with van der Waals surface area (Å²) in [7, 11) is 0. The number of nitrogens with two attached hydrogens (primary N) is 1. The van der Waals surface area contributed by atoms with E-state index in [0.29, 0.717) is 6.61 Å². The Hall–Kier alpha value is -2.27. The first-order chi connectivity index (χ1) is 16.3. The molecule has 0 spiro atoms. The predicted octanol–water partition coefficient (Wildman–Crippen LogP) is 4.74. The average Bonchev–Trinajstić information content (AvgIpc) is 3.39. The number of hydrogen-bond acceptors (Lipinski definition) is 3. The summed E-state index contributed by atoms with van der Waals surface area (Å²) in [5, 5.41) is 0. The molecule has 5 nitrogen and oxygen atoms in total. The number of carbonyl (C=O) groups is 1. The highest BCUT2D eigenvalue weighted by Crippen LogP contribution is 2.25. The maximum atomic E-state index is 11.9. The van der Waals surface area contributed by atoms with E-state index in [0.717, 1.165) is 51.7 Å². The Morgan fingerprint density at radius 3 is 1.79 bits per heavy atom. The van der Waals surface area contributed by atoms with E-state index in [1.165, 1.54) is 56.1 Å². The molecule has 3 rings (SSSR count). The van der Waals surface area contributed by atoms with E-state index in [2.05, 4.69) is 58.2 Å². The van der Waals surface area contributed by atoms with E-state index in [1.807, 2.05) is 0 Å². The molecule has 33 heavy (non-hydrogen) atoms. The Balaban J connectivity index is 1.31. The Kier molecular flexibility index (Phi) is 11.4. The number of aromatic nitrogens is 2. The number of pyridine rings is 2. The zero-order valence-electron chi connectivity index (χ0n) is 20.3. The first kappa shape index (κ1) is 25.4. The van der Waals surface area contributed by atoms with Gasteiger partial charge in [-0.25, -0.2) is 9.13 Å². The van der Waals surface area contributed by atoms with Gasteiger partial charge in [0.1, 0.15) is 13.1 Å². The molecular weight excluding hydrogens is 410 g/mol. The Morgan fingerprint density at radius 2 is 1.24 bits per heavy atom. The molecule has 0 saturated heterocycles. The largest absolute Gasteiger partial charge is 0.465 e. The van der Waals surface area contributed by atoms with Crippen LogP contribution in [0.3, 0.4) is 0 Å². The highest BCUT2D eigenvalue weighted by atomic mass is 16.5. The molecule has 1 saturated carbocycles. The number of nitrogens with zero attached hydrogens (tertiary/aromatic N) is 2. The van der Waals surface area contributed by atoms with Crippen LogP contribution in [0.4, 0.5) is 0 Å². The molecule has 0 radical (unpaired) electrons. The molecule has 0 atom stereocenters. The molecule has 0 aromatic carbocycles. The van der Waals surface area contributed by atoms with Gasteiger partial charge in [-0.15, -0.1) is 0 Å². The first-order valence-corrected chi connectivity index (χ1v) is 13.1. The fourth-order valence-corrected chi connectivity index (χ4v) is 4.59. The number of ether oxygens (including phenoxy) is 1. The van der Waals surface area contributed by atoms with Gasteiger partial charge in [-0.05, 0) is 49.8 Å². The van der Waals surface area contributed by atoms with Crippen molar-refractivity contribution < 1.29 is 18.7 Å². The number of rotatable bonds is 15. The van der Waals surface area contributed by atoms with Crippen LogP contribution in [0.15, 0.2) is 49.1 Å². The summed E-state index contributed by atoms with van der Waals surface area (Å²) >= 11 is 0. The topological polar surface area (TPSA) is 60.1 Å². The summed E-state index contributed by atoms with van der Waals surface area (Å²) in [6.45, 7) is 3.40. The van der Waals surface area contributed by atoms with Gasteiger partial charge in [0.05, 0.1) is 12.5 Å². The molecule has 1 aliphatic rings. The van der Waals surface area contributed by atoms with Crippen molar-refractivity contribution >= 4 is 5.97 Å². The molecule has 2 aromatic heterocycles. The van der Waals surface area contributed by atoms with Crippen molar-refractivity contribution in [2.24, 2.45) is 11.7 Å². The van der Waals surface area contributed by atoms with E-state index in [1.54, 1.807) is 0 Å². The lowest BCUT2D eigenvalue weighted by Crippen LogP contribution is -2.33. The zero-order valence-corrected chi connectivity index (χ0v) is 20.3. The quantitative estimate of drug-likeness (QED) is 0.241. The van der Waals surface area contributed by atoms with Gasteiger partial charge in [-0.2, -0.15) is 0 Å². The van der Waals surface area contributed by atoms with Crippen molar-refractivity contribution in [3.8, 4) is 11.1 Å². The number of unbranched alkanes of at least 4 members (excludes halogenated alkanes) is 6. The third-order valence-electron chi connectivity index (χ3n) is 6.73. The van der Waals surface area contributed by atoms with E-state index in [4.69, 9.17) is 10.5 Å². The summed E-state index contributed by atoms with van der Waals surface area (Å²) in [6, 6.07) is 8.78. The smallest absolute Gasteiger partial charge is 0.308 e. The molecule has 2 N–H and O–H groups in total. The molecule has 1 aliphatic carbocycles. The molecule has 1 fully saturated rings. The van der Waals surface area contributed by atoms with Gasteiger partial charge in [0.2, 0.25) is 0 Å². The average molecular weight is 454 g/mol. The second-order valence-corrected chi connectivity index (χ2v) is 9.42. The monoisotopic (exact) mass is 453 g/mol. The third kappa shape index (κ3) is 9.24. The van der Waals surface area contributed by atoms with Crippen LogP contribution in [-0.2, 0) is 22.6 Å². The number of hydrogen-bond donors (Lipinski definition) is 1. The molecule has 180 valence electrons. The lowest BCUT2D eigenvalue weighted by atomic mass is 10.1. The molecular formula is C28H43N3O2+2. The second-order valence-electron chi connectivity index (χ2n) is 9.42. The minimum Gasteiger partial charge on any atom is -0.465 e. The molecule has 2 heterocycles. The summed E-state index contributed by atoms with van der Waals surface area (Å²) in [5.74, 6) is 0.183. The summed E-state index contributed by atoms with van der Waals surface area (Å²) in [6.07, 6.45) is 22.6. The van der Waals surface area contributed by atoms with Crippen molar-refractivity contribution in [2.75, 3.05) is 13.2 Å². The molecule has 0 unspecified atom stereocenters. The minimum absolute atomic E-state index is 0.0204. The van der Waals surface area contributed by atoms with Crippen molar-refractivity contribution in [1.82, 2.24) is 0 Å². The number of aryl methyl sites for hydroxylation is 2. The summed E-state index contributed by atoms with van der Waals surface area (Å²) in [4.78, 5) is 11.9. The van der Waals surface area contributed by atoms with Crippen molar-refractivity contribution in [1.29, 1.82) is 0 Å². The van der Waals surface area contributed by atoms with Crippen molar-refractivity contribution in [3.63, 3.8) is 0 Å². The van der Waals surface area contributed by atoms with Crippen LogP contribution in [0, 0.1) is 5.92 Å². The third-order valence-corrected chi connectivity index (χ3v) is 6.73. The van der Waals surface area contributed by atoms with Crippen LogP contribution >= 0.6 is 0 Å². The fourth-order valence-electron chi connectivity index (χ4n) is 4.59. The number of carbonyl (C=O) groups excluding carboxylic acids is 1. The van der Waals surface area contributed by atoms with Crippen molar-refractivity contribution in [3.05, 3.63) is 49.1 Å². The van der Waals surface area contributed by atoms with E-state index in [9.17, 15) is 4.79 Å². The maximum Gasteiger partial charge on any atom is 0.308 e. The Morgan fingerprint density at radius 1 is 0.758 bits per heavy atom. The lowest BCUT2D eigenvalue weighted by Gasteiger charge is -2.08. The highest BCUT2D eigenvalue weighted by Gasteiger charge is 2.23. The van der Waals surface area contributed by atoms with Crippen LogP contribution < -0.4 is 14.9 Å².